The molecule has 1 saturated heterocycles. The lowest BCUT2D eigenvalue weighted by molar-refractivity contribution is 0.468. The predicted molar refractivity (Wildman–Crippen MR) is 77.0 cm³/mol. The summed E-state index contributed by atoms with van der Waals surface area (Å²) in [5.41, 5.74) is 1.27. The predicted octanol–water partition coefficient (Wildman–Crippen LogP) is 2.63. The maximum Gasteiger partial charge on any atom is 0.482 e. The first-order valence-electron chi connectivity index (χ1n) is 5.90. The highest BCUT2D eigenvalue weighted by Crippen LogP contribution is 2.24. The van der Waals surface area contributed by atoms with Crippen LogP contribution in [0.4, 0.5) is 18.6 Å². The molecule has 0 amide bonds. The van der Waals surface area contributed by atoms with Gasteiger partial charge in [-0.15, -0.1) is 0 Å². The molecule has 2 nitrogen and oxygen atoms in total. The molecule has 0 spiro atoms. The second kappa shape index (κ2) is 5.69. The smallest absolute Gasteiger partial charge is 0.449 e. The van der Waals surface area contributed by atoms with Crippen LogP contribution in [0.3, 0.4) is 0 Å². The van der Waals surface area contributed by atoms with Crippen molar-refractivity contribution >= 4 is 35.3 Å². The zero-order chi connectivity index (χ0) is 13.2. The first-order chi connectivity index (χ1) is 8.44. The van der Waals surface area contributed by atoms with Crippen LogP contribution in [-0.2, 0) is 6.32 Å². The molecule has 1 fully saturated rings. The van der Waals surface area contributed by atoms with Gasteiger partial charge in [0.25, 0.3) is 0 Å². The Morgan fingerprint density at radius 1 is 1.17 bits per heavy atom. The van der Waals surface area contributed by atoms with Gasteiger partial charge < -0.3 is 23.2 Å². The SMILES string of the molecule is F[B-](F)(F)Cc1cc(I)cc(N2CCNCC2)c1. The molecule has 0 aromatic heterocycles. The van der Waals surface area contributed by atoms with E-state index in [1.54, 1.807) is 12.1 Å². The summed E-state index contributed by atoms with van der Waals surface area (Å²) in [7, 11) is 0. The van der Waals surface area contributed by atoms with Gasteiger partial charge in [0.05, 0.1) is 0 Å². The number of piperazine rings is 1. The lowest BCUT2D eigenvalue weighted by atomic mass is 9.82. The molecule has 1 aromatic rings. The largest absolute Gasteiger partial charge is 0.482 e. The molecule has 0 saturated carbocycles. The Bertz CT molecular complexity index is 419. The van der Waals surface area contributed by atoms with Crippen LogP contribution in [0, 0.1) is 3.57 Å². The molecule has 2 rings (SSSR count). The number of anilines is 1. The fourth-order valence-electron chi connectivity index (χ4n) is 2.12. The van der Waals surface area contributed by atoms with Gasteiger partial charge in [0, 0.05) is 35.4 Å². The summed E-state index contributed by atoms with van der Waals surface area (Å²) in [6, 6.07) is 5.23. The van der Waals surface area contributed by atoms with Gasteiger partial charge in [0.2, 0.25) is 0 Å². The van der Waals surface area contributed by atoms with Crippen LogP contribution in [0.15, 0.2) is 18.2 Å². The van der Waals surface area contributed by atoms with E-state index in [0.29, 0.717) is 5.56 Å². The Kier molecular flexibility index (Phi) is 4.42. The number of halogens is 4. The Labute approximate surface area is 118 Å². The zero-order valence-electron chi connectivity index (χ0n) is 9.80. The van der Waals surface area contributed by atoms with Crippen LogP contribution in [0.25, 0.3) is 0 Å². The first-order valence-corrected chi connectivity index (χ1v) is 6.98. The maximum absolute atomic E-state index is 12.5. The number of benzene rings is 1. The Morgan fingerprint density at radius 3 is 2.44 bits per heavy atom. The van der Waals surface area contributed by atoms with E-state index in [1.165, 1.54) is 0 Å². The third kappa shape index (κ3) is 4.05. The quantitative estimate of drug-likeness (QED) is 0.651. The minimum Gasteiger partial charge on any atom is -0.449 e. The van der Waals surface area contributed by atoms with Crippen molar-refractivity contribution in [2.75, 3.05) is 31.1 Å². The summed E-state index contributed by atoms with van der Waals surface area (Å²) in [5.74, 6) is 0. The van der Waals surface area contributed by atoms with E-state index in [9.17, 15) is 12.9 Å². The highest BCUT2D eigenvalue weighted by Gasteiger charge is 2.24. The fraction of sp³-hybridized carbons (Fsp3) is 0.455. The number of hydrogen-bond donors (Lipinski definition) is 1. The summed E-state index contributed by atoms with van der Waals surface area (Å²) in [5, 5.41) is 3.23. The van der Waals surface area contributed by atoms with Gasteiger partial charge in [-0.3, -0.25) is 0 Å². The molecule has 1 aliphatic heterocycles. The van der Waals surface area contributed by atoms with Crippen LogP contribution in [0.2, 0.25) is 0 Å². The molecule has 1 aromatic carbocycles. The topological polar surface area (TPSA) is 15.3 Å². The van der Waals surface area contributed by atoms with Gasteiger partial charge in [-0.2, -0.15) is 0 Å². The molecule has 0 unspecified atom stereocenters. The van der Waals surface area contributed by atoms with E-state index >= 15 is 0 Å². The highest BCUT2D eigenvalue weighted by molar-refractivity contribution is 14.1. The van der Waals surface area contributed by atoms with Crippen LogP contribution in [0.1, 0.15) is 5.56 Å². The number of hydrogen-bond acceptors (Lipinski definition) is 2. The summed E-state index contributed by atoms with van der Waals surface area (Å²) in [6.45, 7) is -1.32. The van der Waals surface area contributed by atoms with Crippen LogP contribution in [0.5, 0.6) is 0 Å². The number of nitrogens with zero attached hydrogens (tertiary/aromatic N) is 1. The second-order valence-electron chi connectivity index (χ2n) is 4.47. The van der Waals surface area contributed by atoms with Gasteiger partial charge in [0.1, 0.15) is 0 Å². The monoisotopic (exact) mass is 369 g/mol. The van der Waals surface area contributed by atoms with Gasteiger partial charge in [0.15, 0.2) is 0 Å². The summed E-state index contributed by atoms with van der Waals surface area (Å²) in [6.07, 6.45) is -0.796. The minimum atomic E-state index is -4.77. The maximum atomic E-state index is 12.5. The van der Waals surface area contributed by atoms with Gasteiger partial charge in [-0.1, -0.05) is 11.9 Å². The van der Waals surface area contributed by atoms with Crippen molar-refractivity contribution in [2.24, 2.45) is 0 Å². The van der Waals surface area contributed by atoms with Crippen LogP contribution >= 0.6 is 22.6 Å². The van der Waals surface area contributed by atoms with E-state index < -0.39 is 13.3 Å². The summed E-state index contributed by atoms with van der Waals surface area (Å²) in [4.78, 5) is 2.13. The molecule has 0 radical (unpaired) electrons. The van der Waals surface area contributed by atoms with Crippen molar-refractivity contribution in [1.29, 1.82) is 0 Å². The Morgan fingerprint density at radius 2 is 1.83 bits per heavy atom. The Hall–Kier alpha value is -0.435. The normalized spacial score (nSPS) is 17.0. The molecule has 1 heterocycles. The van der Waals surface area contributed by atoms with Crippen LogP contribution < -0.4 is 10.2 Å². The molecule has 1 aliphatic rings. The third-order valence-corrected chi connectivity index (χ3v) is 3.51. The summed E-state index contributed by atoms with van der Waals surface area (Å²) >= 11 is 2.08. The van der Waals surface area contributed by atoms with Crippen molar-refractivity contribution in [1.82, 2.24) is 5.32 Å². The first kappa shape index (κ1) is 14.0. The van der Waals surface area contributed by atoms with E-state index in [1.807, 2.05) is 6.07 Å². The van der Waals surface area contributed by atoms with E-state index in [4.69, 9.17) is 0 Å². The Balaban J connectivity index is 2.20. The van der Waals surface area contributed by atoms with Gasteiger partial charge in [-0.05, 0) is 40.8 Å². The molecule has 18 heavy (non-hydrogen) atoms. The molecular weight excluding hydrogens is 355 g/mol. The van der Waals surface area contributed by atoms with E-state index in [2.05, 4.69) is 32.8 Å². The molecule has 100 valence electrons. The summed E-state index contributed by atoms with van der Waals surface area (Å²) < 4.78 is 38.3. The average molecular weight is 369 g/mol. The molecule has 1 N–H and O–H groups in total. The number of rotatable bonds is 3. The van der Waals surface area contributed by atoms with Crippen molar-refractivity contribution in [3.63, 3.8) is 0 Å². The second-order valence-corrected chi connectivity index (χ2v) is 5.71. The third-order valence-electron chi connectivity index (χ3n) is 2.89. The average Bonchev–Trinajstić information content (AvgIpc) is 2.27. The van der Waals surface area contributed by atoms with Crippen molar-refractivity contribution in [3.05, 3.63) is 27.3 Å². The molecule has 0 atom stereocenters. The van der Waals surface area contributed by atoms with Crippen molar-refractivity contribution in [3.8, 4) is 0 Å². The van der Waals surface area contributed by atoms with E-state index in [0.717, 1.165) is 35.4 Å². The molecule has 7 heteroatoms. The van der Waals surface area contributed by atoms with Crippen molar-refractivity contribution < 1.29 is 12.9 Å². The van der Waals surface area contributed by atoms with Crippen molar-refractivity contribution in [2.45, 2.75) is 6.32 Å². The number of nitrogens with one attached hydrogen (secondary N) is 1. The lowest BCUT2D eigenvalue weighted by Gasteiger charge is -2.30. The minimum absolute atomic E-state index is 0.364. The highest BCUT2D eigenvalue weighted by atomic mass is 127. The fourth-order valence-corrected chi connectivity index (χ4v) is 2.84. The van der Waals surface area contributed by atoms with E-state index in [-0.39, 0.29) is 0 Å². The van der Waals surface area contributed by atoms with Gasteiger partial charge >= 0.3 is 6.98 Å². The lowest BCUT2D eigenvalue weighted by Crippen LogP contribution is -2.43. The molecule has 0 aliphatic carbocycles. The van der Waals surface area contributed by atoms with Gasteiger partial charge in [-0.25, -0.2) is 0 Å². The zero-order valence-corrected chi connectivity index (χ0v) is 12.0. The molecular formula is C11H14BF3IN2-. The van der Waals surface area contributed by atoms with Crippen LogP contribution in [-0.4, -0.2) is 33.2 Å². The standard InChI is InChI=1S/C11H14BF3IN2/c13-12(14,15)8-9-5-10(16)7-11(6-9)18-3-1-17-2-4-18/h5-7,17H,1-4,8H2/q-1. The molecule has 0 bridgehead atoms.